The van der Waals surface area contributed by atoms with Crippen LogP contribution in [0.4, 0.5) is 0 Å². The zero-order chi connectivity index (χ0) is 14.5. The van der Waals surface area contributed by atoms with E-state index in [-0.39, 0.29) is 11.9 Å². The Bertz CT molecular complexity index is 590. The highest BCUT2D eigenvalue weighted by atomic mass is 32.1. The second-order valence-corrected chi connectivity index (χ2v) is 6.09. The monoisotopic (exact) mass is 288 g/mol. The van der Waals surface area contributed by atoms with Gasteiger partial charge in [0.1, 0.15) is 5.01 Å². The lowest BCUT2D eigenvalue weighted by atomic mass is 10.1. The highest BCUT2D eigenvalue weighted by Gasteiger charge is 2.08. The summed E-state index contributed by atoms with van der Waals surface area (Å²) in [6.45, 7) is 6.02. The molecule has 0 radical (unpaired) electrons. The van der Waals surface area contributed by atoms with Crippen LogP contribution in [0.15, 0.2) is 29.6 Å². The Labute approximate surface area is 124 Å². The van der Waals surface area contributed by atoms with Gasteiger partial charge in [-0.05, 0) is 33.3 Å². The predicted octanol–water partition coefficient (Wildman–Crippen LogP) is 3.58. The van der Waals surface area contributed by atoms with Crippen LogP contribution in [0.3, 0.4) is 0 Å². The molecule has 0 spiro atoms. The van der Waals surface area contributed by atoms with E-state index in [1.54, 1.807) is 11.3 Å². The molecule has 0 saturated heterocycles. The van der Waals surface area contributed by atoms with E-state index in [9.17, 15) is 4.79 Å². The van der Waals surface area contributed by atoms with Crippen LogP contribution in [0, 0.1) is 6.92 Å². The summed E-state index contributed by atoms with van der Waals surface area (Å²) in [5, 5.41) is 5.96. The molecule has 0 bridgehead atoms. The summed E-state index contributed by atoms with van der Waals surface area (Å²) in [5.74, 6) is 0.0881. The summed E-state index contributed by atoms with van der Waals surface area (Å²) >= 11 is 1.63. The molecule has 20 heavy (non-hydrogen) atoms. The lowest BCUT2D eigenvalue weighted by Gasteiger charge is -2.06. The van der Waals surface area contributed by atoms with E-state index in [2.05, 4.69) is 35.4 Å². The number of aromatic nitrogens is 1. The van der Waals surface area contributed by atoms with Crippen LogP contribution in [-0.4, -0.2) is 16.9 Å². The number of hydrogen-bond acceptors (Lipinski definition) is 3. The molecule has 4 heteroatoms. The van der Waals surface area contributed by atoms with Crippen LogP contribution in [0.25, 0.3) is 10.6 Å². The first-order chi connectivity index (χ1) is 9.54. The Balaban J connectivity index is 1.97. The Kier molecular flexibility index (Phi) is 4.90. The van der Waals surface area contributed by atoms with E-state index in [0.29, 0.717) is 12.8 Å². The maximum Gasteiger partial charge on any atom is 0.220 e. The maximum absolute atomic E-state index is 11.6. The van der Waals surface area contributed by atoms with Gasteiger partial charge in [0.05, 0.1) is 5.69 Å². The van der Waals surface area contributed by atoms with E-state index < -0.39 is 0 Å². The number of carbonyl (C=O) groups excluding carboxylic acids is 1. The Morgan fingerprint density at radius 2 is 2.20 bits per heavy atom. The van der Waals surface area contributed by atoms with Gasteiger partial charge in [0.25, 0.3) is 0 Å². The largest absolute Gasteiger partial charge is 0.354 e. The highest BCUT2D eigenvalue weighted by molar-refractivity contribution is 7.13. The molecule has 2 rings (SSSR count). The molecule has 1 aromatic carbocycles. The average Bonchev–Trinajstić information content (AvgIpc) is 2.84. The van der Waals surface area contributed by atoms with Crippen molar-refractivity contribution in [3.05, 3.63) is 40.9 Å². The molecule has 3 nitrogen and oxygen atoms in total. The summed E-state index contributed by atoms with van der Waals surface area (Å²) in [4.78, 5) is 16.2. The van der Waals surface area contributed by atoms with E-state index in [1.165, 1.54) is 5.56 Å². The van der Waals surface area contributed by atoms with Crippen molar-refractivity contribution in [2.75, 3.05) is 0 Å². The van der Waals surface area contributed by atoms with Crippen LogP contribution in [-0.2, 0) is 11.2 Å². The minimum absolute atomic E-state index is 0.0881. The van der Waals surface area contributed by atoms with Gasteiger partial charge < -0.3 is 5.32 Å². The normalized spacial score (nSPS) is 10.8. The van der Waals surface area contributed by atoms with E-state index in [4.69, 9.17) is 0 Å². The molecular formula is C16H20N2OS. The van der Waals surface area contributed by atoms with Crippen molar-refractivity contribution in [3.8, 4) is 10.6 Å². The molecule has 0 aliphatic rings. The molecule has 0 aliphatic carbocycles. The number of rotatable bonds is 5. The van der Waals surface area contributed by atoms with Crippen molar-refractivity contribution in [1.82, 2.24) is 10.3 Å². The molecule has 0 aliphatic heterocycles. The third kappa shape index (κ3) is 4.17. The number of benzene rings is 1. The number of hydrogen-bond donors (Lipinski definition) is 1. The Hall–Kier alpha value is -1.68. The second kappa shape index (κ2) is 6.66. The van der Waals surface area contributed by atoms with Gasteiger partial charge in [0.15, 0.2) is 0 Å². The van der Waals surface area contributed by atoms with Gasteiger partial charge >= 0.3 is 0 Å². The van der Waals surface area contributed by atoms with E-state index in [1.807, 2.05) is 25.3 Å². The minimum Gasteiger partial charge on any atom is -0.354 e. The smallest absolute Gasteiger partial charge is 0.220 e. The number of thiazole rings is 1. The first-order valence-corrected chi connectivity index (χ1v) is 7.73. The quantitative estimate of drug-likeness (QED) is 0.913. The van der Waals surface area contributed by atoms with Crippen LogP contribution in [0.2, 0.25) is 0 Å². The molecule has 1 heterocycles. The zero-order valence-corrected chi connectivity index (χ0v) is 13.0. The molecule has 0 unspecified atom stereocenters. The van der Waals surface area contributed by atoms with Crippen LogP contribution >= 0.6 is 11.3 Å². The molecule has 1 N–H and O–H groups in total. The van der Waals surface area contributed by atoms with Gasteiger partial charge in [-0.15, -0.1) is 11.3 Å². The first-order valence-electron chi connectivity index (χ1n) is 6.85. The number of amides is 1. The Morgan fingerprint density at radius 3 is 2.90 bits per heavy atom. The van der Waals surface area contributed by atoms with E-state index >= 15 is 0 Å². The van der Waals surface area contributed by atoms with Crippen molar-refractivity contribution in [2.45, 2.75) is 39.7 Å². The third-order valence-electron chi connectivity index (χ3n) is 2.87. The summed E-state index contributed by atoms with van der Waals surface area (Å²) in [7, 11) is 0. The molecule has 0 fully saturated rings. The molecule has 1 amide bonds. The summed E-state index contributed by atoms with van der Waals surface area (Å²) in [6, 6.07) is 8.52. The molecular weight excluding hydrogens is 268 g/mol. The second-order valence-electron chi connectivity index (χ2n) is 5.24. The zero-order valence-electron chi connectivity index (χ0n) is 12.1. The van der Waals surface area contributed by atoms with Crippen molar-refractivity contribution in [1.29, 1.82) is 0 Å². The first kappa shape index (κ1) is 14.7. The van der Waals surface area contributed by atoms with Gasteiger partial charge in [-0.1, -0.05) is 23.8 Å². The van der Waals surface area contributed by atoms with Crippen molar-refractivity contribution >= 4 is 17.2 Å². The predicted molar refractivity (Wildman–Crippen MR) is 83.9 cm³/mol. The van der Waals surface area contributed by atoms with Gasteiger partial charge in [-0.3, -0.25) is 4.79 Å². The molecule has 106 valence electrons. The fraction of sp³-hybridized carbons (Fsp3) is 0.375. The van der Waals surface area contributed by atoms with Crippen molar-refractivity contribution < 1.29 is 4.79 Å². The van der Waals surface area contributed by atoms with Crippen LogP contribution < -0.4 is 5.32 Å². The molecule has 1 aromatic heterocycles. The standard InChI is InChI=1S/C16H20N2OS/c1-11(2)17-15(19)8-7-14-10-20-16(18-14)13-6-4-5-12(3)9-13/h4-6,9-11H,7-8H2,1-3H3,(H,17,19). The Morgan fingerprint density at radius 1 is 1.40 bits per heavy atom. The van der Waals surface area contributed by atoms with Crippen molar-refractivity contribution in [2.24, 2.45) is 0 Å². The number of aryl methyl sites for hydroxylation is 2. The molecule has 0 atom stereocenters. The maximum atomic E-state index is 11.6. The number of nitrogens with one attached hydrogen (secondary N) is 1. The summed E-state index contributed by atoms with van der Waals surface area (Å²) in [6.07, 6.45) is 1.19. The summed E-state index contributed by atoms with van der Waals surface area (Å²) in [5.41, 5.74) is 3.37. The fourth-order valence-electron chi connectivity index (χ4n) is 1.97. The van der Waals surface area contributed by atoms with Gasteiger partial charge in [-0.25, -0.2) is 4.98 Å². The number of nitrogens with zero attached hydrogens (tertiary/aromatic N) is 1. The number of carbonyl (C=O) groups is 1. The fourth-order valence-corrected chi connectivity index (χ4v) is 2.82. The average molecular weight is 288 g/mol. The van der Waals surface area contributed by atoms with Crippen LogP contribution in [0.5, 0.6) is 0 Å². The van der Waals surface area contributed by atoms with Gasteiger partial charge in [0.2, 0.25) is 5.91 Å². The lowest BCUT2D eigenvalue weighted by Crippen LogP contribution is -2.30. The highest BCUT2D eigenvalue weighted by Crippen LogP contribution is 2.24. The molecule has 2 aromatic rings. The summed E-state index contributed by atoms with van der Waals surface area (Å²) < 4.78 is 0. The van der Waals surface area contributed by atoms with Crippen LogP contribution in [0.1, 0.15) is 31.5 Å². The van der Waals surface area contributed by atoms with E-state index in [0.717, 1.165) is 16.3 Å². The third-order valence-corrected chi connectivity index (χ3v) is 3.81. The molecule has 0 saturated carbocycles. The van der Waals surface area contributed by atoms with Gasteiger partial charge in [0, 0.05) is 23.4 Å². The lowest BCUT2D eigenvalue weighted by molar-refractivity contribution is -0.121. The van der Waals surface area contributed by atoms with Crippen molar-refractivity contribution in [3.63, 3.8) is 0 Å². The minimum atomic E-state index is 0.0881. The topological polar surface area (TPSA) is 42.0 Å². The SMILES string of the molecule is Cc1cccc(-c2nc(CCC(=O)NC(C)C)cs2)c1. The van der Waals surface area contributed by atoms with Gasteiger partial charge in [-0.2, -0.15) is 0 Å².